The molecule has 2 N–H and O–H groups in total. The predicted molar refractivity (Wildman–Crippen MR) is 76.4 cm³/mol. The first-order valence-corrected chi connectivity index (χ1v) is 7.16. The Morgan fingerprint density at radius 3 is 2.44 bits per heavy atom. The number of rotatable bonds is 6. The molecule has 18 heavy (non-hydrogen) atoms. The summed E-state index contributed by atoms with van der Waals surface area (Å²) < 4.78 is 5.33. The standard InChI is InChI=1S/C13H24N2O2S/c1-3-5-8-15(4-2)12(16)13(11(14)18)6-9-17-10-7-13/h3-10H2,1-2H3,(H2,14,18). The van der Waals surface area contributed by atoms with Crippen LogP contribution in [0.4, 0.5) is 0 Å². The Morgan fingerprint density at radius 1 is 1.39 bits per heavy atom. The van der Waals surface area contributed by atoms with Gasteiger partial charge in [-0.1, -0.05) is 25.6 Å². The zero-order valence-electron chi connectivity index (χ0n) is 11.4. The van der Waals surface area contributed by atoms with E-state index < -0.39 is 5.41 Å². The maximum Gasteiger partial charge on any atom is 0.235 e. The van der Waals surface area contributed by atoms with Gasteiger partial charge in [-0.05, 0) is 26.2 Å². The molecule has 0 unspecified atom stereocenters. The quantitative estimate of drug-likeness (QED) is 0.748. The number of hydrogen-bond donors (Lipinski definition) is 1. The lowest BCUT2D eigenvalue weighted by Gasteiger charge is -2.38. The first-order chi connectivity index (χ1) is 8.58. The smallest absolute Gasteiger partial charge is 0.235 e. The molecule has 0 spiro atoms. The van der Waals surface area contributed by atoms with Crippen LogP contribution in [-0.2, 0) is 9.53 Å². The summed E-state index contributed by atoms with van der Waals surface area (Å²) in [5.74, 6) is 0.0919. The summed E-state index contributed by atoms with van der Waals surface area (Å²) >= 11 is 5.16. The minimum Gasteiger partial charge on any atom is -0.392 e. The van der Waals surface area contributed by atoms with Crippen molar-refractivity contribution >= 4 is 23.1 Å². The Balaban J connectivity index is 2.83. The van der Waals surface area contributed by atoms with Crippen molar-refractivity contribution in [1.82, 2.24) is 4.90 Å². The van der Waals surface area contributed by atoms with Gasteiger partial charge >= 0.3 is 0 Å². The highest BCUT2D eigenvalue weighted by Crippen LogP contribution is 2.33. The molecule has 1 aliphatic rings. The highest BCUT2D eigenvalue weighted by Gasteiger charge is 2.44. The maximum atomic E-state index is 12.7. The van der Waals surface area contributed by atoms with Crippen LogP contribution in [0.1, 0.15) is 39.5 Å². The summed E-state index contributed by atoms with van der Waals surface area (Å²) in [5.41, 5.74) is 5.18. The lowest BCUT2D eigenvalue weighted by Crippen LogP contribution is -2.53. The van der Waals surface area contributed by atoms with E-state index in [9.17, 15) is 4.79 Å². The van der Waals surface area contributed by atoms with Crippen molar-refractivity contribution in [2.24, 2.45) is 11.1 Å². The van der Waals surface area contributed by atoms with Gasteiger partial charge in [-0.25, -0.2) is 0 Å². The molecule has 0 bridgehead atoms. The van der Waals surface area contributed by atoms with E-state index in [-0.39, 0.29) is 5.91 Å². The lowest BCUT2D eigenvalue weighted by atomic mass is 9.78. The van der Waals surface area contributed by atoms with Gasteiger partial charge in [0.1, 0.15) is 5.41 Å². The molecule has 1 saturated heterocycles. The molecule has 4 nitrogen and oxygen atoms in total. The lowest BCUT2D eigenvalue weighted by molar-refractivity contribution is -0.142. The fraction of sp³-hybridized carbons (Fsp3) is 0.846. The zero-order valence-corrected chi connectivity index (χ0v) is 12.2. The molecule has 1 heterocycles. The average Bonchev–Trinajstić information content (AvgIpc) is 2.40. The van der Waals surface area contributed by atoms with Crippen LogP contribution in [0.5, 0.6) is 0 Å². The van der Waals surface area contributed by atoms with E-state index in [1.165, 1.54) is 0 Å². The third-order valence-corrected chi connectivity index (χ3v) is 4.07. The largest absolute Gasteiger partial charge is 0.392 e. The Hall–Kier alpha value is -0.680. The highest BCUT2D eigenvalue weighted by molar-refractivity contribution is 7.80. The van der Waals surface area contributed by atoms with Crippen LogP contribution in [0, 0.1) is 5.41 Å². The second-order valence-corrected chi connectivity index (χ2v) is 5.24. The fourth-order valence-corrected chi connectivity index (χ4v) is 2.63. The van der Waals surface area contributed by atoms with Crippen molar-refractivity contribution in [3.05, 3.63) is 0 Å². The third-order valence-electron chi connectivity index (χ3n) is 3.68. The van der Waals surface area contributed by atoms with Gasteiger partial charge in [-0.15, -0.1) is 0 Å². The second kappa shape index (κ2) is 7.04. The Morgan fingerprint density at radius 2 is 2.00 bits per heavy atom. The van der Waals surface area contributed by atoms with Gasteiger partial charge < -0.3 is 15.4 Å². The van der Waals surface area contributed by atoms with Crippen molar-refractivity contribution in [1.29, 1.82) is 0 Å². The third kappa shape index (κ3) is 3.20. The first kappa shape index (κ1) is 15.4. The van der Waals surface area contributed by atoms with Crippen molar-refractivity contribution in [2.75, 3.05) is 26.3 Å². The number of unbranched alkanes of at least 4 members (excludes halogenated alkanes) is 1. The van der Waals surface area contributed by atoms with E-state index in [2.05, 4.69) is 6.92 Å². The normalized spacial score (nSPS) is 18.3. The highest BCUT2D eigenvalue weighted by atomic mass is 32.1. The number of thiocarbonyl (C=S) groups is 1. The minimum atomic E-state index is -0.669. The van der Waals surface area contributed by atoms with E-state index in [0.717, 1.165) is 19.4 Å². The SMILES string of the molecule is CCCCN(CC)C(=O)C1(C(N)=S)CCOCC1. The molecular formula is C13H24N2O2S. The van der Waals surface area contributed by atoms with Crippen LogP contribution in [-0.4, -0.2) is 42.1 Å². The van der Waals surface area contributed by atoms with Crippen molar-refractivity contribution < 1.29 is 9.53 Å². The number of nitrogens with zero attached hydrogens (tertiary/aromatic N) is 1. The van der Waals surface area contributed by atoms with Crippen molar-refractivity contribution in [3.8, 4) is 0 Å². The van der Waals surface area contributed by atoms with Gasteiger partial charge in [0.2, 0.25) is 5.91 Å². The summed E-state index contributed by atoms with van der Waals surface area (Å²) in [6.07, 6.45) is 3.32. The van der Waals surface area contributed by atoms with Gasteiger partial charge in [0.25, 0.3) is 0 Å². The number of nitrogens with two attached hydrogens (primary N) is 1. The van der Waals surface area contributed by atoms with Crippen LogP contribution in [0.15, 0.2) is 0 Å². The molecule has 0 aromatic heterocycles. The van der Waals surface area contributed by atoms with Gasteiger partial charge in [-0.2, -0.15) is 0 Å². The minimum absolute atomic E-state index is 0.0919. The summed E-state index contributed by atoms with van der Waals surface area (Å²) in [6.45, 7) is 6.75. The summed E-state index contributed by atoms with van der Waals surface area (Å²) in [6, 6.07) is 0. The predicted octanol–water partition coefficient (Wildman–Crippen LogP) is 1.72. The van der Waals surface area contributed by atoms with Gasteiger partial charge in [0, 0.05) is 26.3 Å². The summed E-state index contributed by atoms with van der Waals surface area (Å²) in [4.78, 5) is 14.9. The van der Waals surface area contributed by atoms with Crippen LogP contribution in [0.3, 0.4) is 0 Å². The number of carbonyl (C=O) groups is 1. The molecular weight excluding hydrogens is 248 g/mol. The fourth-order valence-electron chi connectivity index (χ4n) is 2.34. The Bertz CT molecular complexity index is 301. The van der Waals surface area contributed by atoms with Gasteiger partial charge in [-0.3, -0.25) is 4.79 Å². The first-order valence-electron chi connectivity index (χ1n) is 6.75. The van der Waals surface area contributed by atoms with E-state index in [4.69, 9.17) is 22.7 Å². The van der Waals surface area contributed by atoms with Crippen LogP contribution >= 0.6 is 12.2 Å². The van der Waals surface area contributed by atoms with Crippen LogP contribution < -0.4 is 5.73 Å². The topological polar surface area (TPSA) is 55.6 Å². The molecule has 1 aliphatic heterocycles. The molecule has 1 rings (SSSR count). The van der Waals surface area contributed by atoms with Crippen molar-refractivity contribution in [2.45, 2.75) is 39.5 Å². The molecule has 0 radical (unpaired) electrons. The Labute approximate surface area is 115 Å². The number of hydrogen-bond acceptors (Lipinski definition) is 3. The molecule has 0 aliphatic carbocycles. The van der Waals surface area contributed by atoms with E-state index in [0.29, 0.717) is 37.6 Å². The monoisotopic (exact) mass is 272 g/mol. The maximum absolute atomic E-state index is 12.7. The molecule has 5 heteroatoms. The van der Waals surface area contributed by atoms with E-state index >= 15 is 0 Å². The molecule has 0 aromatic rings. The van der Waals surface area contributed by atoms with Crippen LogP contribution in [0.25, 0.3) is 0 Å². The summed E-state index contributed by atoms with van der Waals surface area (Å²) in [7, 11) is 0. The van der Waals surface area contributed by atoms with E-state index in [1.54, 1.807) is 0 Å². The Kier molecular flexibility index (Phi) is 6.02. The number of ether oxygens (including phenoxy) is 1. The molecule has 1 amide bonds. The van der Waals surface area contributed by atoms with Crippen LogP contribution in [0.2, 0.25) is 0 Å². The number of carbonyl (C=O) groups excluding carboxylic acids is 1. The van der Waals surface area contributed by atoms with Gasteiger partial charge in [0.15, 0.2) is 0 Å². The van der Waals surface area contributed by atoms with Gasteiger partial charge in [0.05, 0.1) is 4.99 Å². The second-order valence-electron chi connectivity index (χ2n) is 4.80. The molecule has 1 fully saturated rings. The molecule has 0 saturated carbocycles. The molecule has 0 atom stereocenters. The number of amides is 1. The zero-order chi connectivity index (χ0) is 13.6. The molecule has 0 aromatic carbocycles. The summed E-state index contributed by atoms with van der Waals surface area (Å²) in [5, 5.41) is 0. The molecule has 104 valence electrons. The van der Waals surface area contributed by atoms with E-state index in [1.807, 2.05) is 11.8 Å². The van der Waals surface area contributed by atoms with Crippen molar-refractivity contribution in [3.63, 3.8) is 0 Å². The average molecular weight is 272 g/mol.